The third-order valence-electron chi connectivity index (χ3n) is 2.71. The second kappa shape index (κ2) is 3.80. The Morgan fingerprint density at radius 2 is 2.17 bits per heavy atom. The van der Waals surface area contributed by atoms with E-state index in [0.717, 1.165) is 11.2 Å². The van der Waals surface area contributed by atoms with Gasteiger partial charge in [0, 0.05) is 18.8 Å². The number of nitrogens with two attached hydrogens (primary N) is 1. The Hall–Kier alpha value is -2.44. The normalized spacial score (nSPS) is 11.2. The number of hydrogen-bond acceptors (Lipinski definition) is 5. The molecule has 3 aromatic rings. The Bertz CT molecular complexity index is 709. The number of rotatable bonds is 2. The minimum absolute atomic E-state index is 0.419. The molecule has 92 valence electrons. The van der Waals surface area contributed by atoms with Gasteiger partial charge in [-0.3, -0.25) is 4.68 Å². The summed E-state index contributed by atoms with van der Waals surface area (Å²) in [6.07, 6.45) is 5.51. The Labute approximate surface area is 103 Å². The SMILES string of the molecule is Cc1nc(N)c2ncn(Cc3cnn(C)c3)c2n1. The molecule has 3 aromatic heterocycles. The standard InChI is InChI=1S/C11H13N7/c1-7-15-10(12)9-11(16-7)18(6-13-9)5-8-3-14-17(2)4-8/h3-4,6H,5H2,1-2H3,(H2,12,15,16). The molecule has 0 atom stereocenters. The fourth-order valence-electron chi connectivity index (χ4n) is 1.95. The van der Waals surface area contributed by atoms with Gasteiger partial charge in [0.05, 0.1) is 19.1 Å². The Morgan fingerprint density at radius 3 is 2.89 bits per heavy atom. The highest BCUT2D eigenvalue weighted by Crippen LogP contribution is 2.16. The van der Waals surface area contributed by atoms with Crippen LogP contribution >= 0.6 is 0 Å². The maximum atomic E-state index is 5.82. The first kappa shape index (κ1) is 10.7. The van der Waals surface area contributed by atoms with Crippen LogP contribution in [0.4, 0.5) is 5.82 Å². The van der Waals surface area contributed by atoms with Crippen molar-refractivity contribution in [2.24, 2.45) is 7.05 Å². The first-order valence-corrected chi connectivity index (χ1v) is 5.56. The van der Waals surface area contributed by atoms with Crippen LogP contribution in [0.5, 0.6) is 0 Å². The predicted octanol–water partition coefficient (Wildman–Crippen LogP) is 0.499. The second-order valence-corrected chi connectivity index (χ2v) is 4.22. The van der Waals surface area contributed by atoms with E-state index < -0.39 is 0 Å². The number of nitrogens with zero attached hydrogens (tertiary/aromatic N) is 6. The van der Waals surface area contributed by atoms with Crippen LogP contribution in [0.15, 0.2) is 18.7 Å². The largest absolute Gasteiger partial charge is 0.382 e. The van der Waals surface area contributed by atoms with Gasteiger partial charge < -0.3 is 10.3 Å². The van der Waals surface area contributed by atoms with Crippen LogP contribution in [0.3, 0.4) is 0 Å². The molecule has 0 radical (unpaired) electrons. The molecule has 0 spiro atoms. The van der Waals surface area contributed by atoms with Gasteiger partial charge in [-0.2, -0.15) is 5.10 Å². The van der Waals surface area contributed by atoms with Crippen LogP contribution in [-0.4, -0.2) is 29.3 Å². The quantitative estimate of drug-likeness (QED) is 0.708. The third kappa shape index (κ3) is 1.69. The summed E-state index contributed by atoms with van der Waals surface area (Å²) < 4.78 is 3.71. The van der Waals surface area contributed by atoms with Crippen molar-refractivity contribution in [2.45, 2.75) is 13.5 Å². The van der Waals surface area contributed by atoms with Crippen LogP contribution in [0.1, 0.15) is 11.4 Å². The lowest BCUT2D eigenvalue weighted by molar-refractivity contribution is 0.763. The summed E-state index contributed by atoms with van der Waals surface area (Å²) in [5, 5.41) is 4.14. The molecule has 0 bridgehead atoms. The van der Waals surface area contributed by atoms with E-state index in [1.807, 2.05) is 30.9 Å². The van der Waals surface area contributed by atoms with Crippen molar-refractivity contribution >= 4 is 17.0 Å². The zero-order valence-corrected chi connectivity index (χ0v) is 10.2. The fourth-order valence-corrected chi connectivity index (χ4v) is 1.95. The lowest BCUT2D eigenvalue weighted by Gasteiger charge is -2.02. The van der Waals surface area contributed by atoms with Crippen molar-refractivity contribution in [3.63, 3.8) is 0 Å². The molecule has 0 unspecified atom stereocenters. The van der Waals surface area contributed by atoms with Crippen molar-refractivity contribution in [1.29, 1.82) is 0 Å². The summed E-state index contributed by atoms with van der Waals surface area (Å²) in [6, 6.07) is 0. The topological polar surface area (TPSA) is 87.4 Å². The third-order valence-corrected chi connectivity index (χ3v) is 2.71. The van der Waals surface area contributed by atoms with E-state index in [1.165, 1.54) is 0 Å². The van der Waals surface area contributed by atoms with E-state index >= 15 is 0 Å². The average Bonchev–Trinajstić information content (AvgIpc) is 2.87. The van der Waals surface area contributed by atoms with Crippen LogP contribution in [0.25, 0.3) is 11.2 Å². The molecular formula is C11H13N7. The van der Waals surface area contributed by atoms with E-state index in [4.69, 9.17) is 5.73 Å². The van der Waals surface area contributed by atoms with Crippen molar-refractivity contribution in [3.8, 4) is 0 Å². The smallest absolute Gasteiger partial charge is 0.166 e. The second-order valence-electron chi connectivity index (χ2n) is 4.22. The number of fused-ring (bicyclic) bond motifs is 1. The van der Waals surface area contributed by atoms with Gasteiger partial charge in [0.15, 0.2) is 11.5 Å². The van der Waals surface area contributed by atoms with Crippen molar-refractivity contribution in [3.05, 3.63) is 30.1 Å². The average molecular weight is 243 g/mol. The monoisotopic (exact) mass is 243 g/mol. The Kier molecular flexibility index (Phi) is 2.26. The van der Waals surface area contributed by atoms with E-state index in [0.29, 0.717) is 23.7 Å². The van der Waals surface area contributed by atoms with Crippen LogP contribution in [-0.2, 0) is 13.6 Å². The molecule has 3 heterocycles. The van der Waals surface area contributed by atoms with Crippen molar-refractivity contribution in [2.75, 3.05) is 5.73 Å². The Morgan fingerprint density at radius 1 is 1.33 bits per heavy atom. The molecule has 3 rings (SSSR count). The molecule has 0 amide bonds. The van der Waals surface area contributed by atoms with Crippen LogP contribution < -0.4 is 5.73 Å². The molecule has 7 heteroatoms. The van der Waals surface area contributed by atoms with E-state index in [2.05, 4.69) is 20.1 Å². The van der Waals surface area contributed by atoms with Gasteiger partial charge in [0.1, 0.15) is 11.3 Å². The summed E-state index contributed by atoms with van der Waals surface area (Å²) in [5.74, 6) is 1.07. The molecule has 0 aliphatic rings. The molecule has 7 nitrogen and oxygen atoms in total. The minimum atomic E-state index is 0.419. The van der Waals surface area contributed by atoms with Gasteiger partial charge in [-0.05, 0) is 6.92 Å². The molecule has 18 heavy (non-hydrogen) atoms. The summed E-state index contributed by atoms with van der Waals surface area (Å²) in [7, 11) is 1.89. The molecular weight excluding hydrogens is 230 g/mol. The van der Waals surface area contributed by atoms with Gasteiger partial charge in [-0.25, -0.2) is 15.0 Å². The van der Waals surface area contributed by atoms with Gasteiger partial charge in [0.2, 0.25) is 0 Å². The maximum absolute atomic E-state index is 5.82. The highest BCUT2D eigenvalue weighted by molar-refractivity contribution is 5.81. The maximum Gasteiger partial charge on any atom is 0.166 e. The summed E-state index contributed by atoms with van der Waals surface area (Å²) >= 11 is 0. The first-order chi connectivity index (χ1) is 8.63. The number of anilines is 1. The number of imidazole rings is 1. The van der Waals surface area contributed by atoms with E-state index in [9.17, 15) is 0 Å². The lowest BCUT2D eigenvalue weighted by atomic mass is 10.3. The molecule has 0 saturated heterocycles. The summed E-state index contributed by atoms with van der Waals surface area (Å²) in [4.78, 5) is 12.7. The minimum Gasteiger partial charge on any atom is -0.382 e. The molecule has 2 N–H and O–H groups in total. The van der Waals surface area contributed by atoms with Gasteiger partial charge in [-0.15, -0.1) is 0 Å². The fraction of sp³-hybridized carbons (Fsp3) is 0.273. The molecule has 0 fully saturated rings. The number of hydrogen-bond donors (Lipinski definition) is 1. The molecule has 0 aromatic carbocycles. The predicted molar refractivity (Wildman–Crippen MR) is 66.8 cm³/mol. The number of nitrogen functional groups attached to an aromatic ring is 1. The molecule has 0 aliphatic heterocycles. The van der Waals surface area contributed by atoms with Crippen LogP contribution in [0.2, 0.25) is 0 Å². The zero-order chi connectivity index (χ0) is 12.7. The van der Waals surface area contributed by atoms with Gasteiger partial charge in [-0.1, -0.05) is 0 Å². The lowest BCUT2D eigenvalue weighted by Crippen LogP contribution is -2.02. The highest BCUT2D eigenvalue weighted by Gasteiger charge is 2.10. The Balaban J connectivity index is 2.07. The van der Waals surface area contributed by atoms with Crippen LogP contribution in [0, 0.1) is 6.92 Å². The number of aromatic nitrogens is 6. The molecule has 0 saturated carbocycles. The van der Waals surface area contributed by atoms with E-state index in [-0.39, 0.29) is 0 Å². The molecule has 0 aliphatic carbocycles. The van der Waals surface area contributed by atoms with Gasteiger partial charge in [0.25, 0.3) is 0 Å². The summed E-state index contributed by atoms with van der Waals surface area (Å²) in [6.45, 7) is 2.48. The zero-order valence-electron chi connectivity index (χ0n) is 10.2. The van der Waals surface area contributed by atoms with Crippen molar-refractivity contribution < 1.29 is 0 Å². The summed E-state index contributed by atoms with van der Waals surface area (Å²) in [5.41, 5.74) is 8.31. The van der Waals surface area contributed by atoms with E-state index in [1.54, 1.807) is 11.0 Å². The van der Waals surface area contributed by atoms with Gasteiger partial charge >= 0.3 is 0 Å². The van der Waals surface area contributed by atoms with Crippen molar-refractivity contribution in [1.82, 2.24) is 29.3 Å². The number of aryl methyl sites for hydroxylation is 2. The highest BCUT2D eigenvalue weighted by atomic mass is 15.2. The first-order valence-electron chi connectivity index (χ1n) is 5.56.